The summed E-state index contributed by atoms with van der Waals surface area (Å²) in [5.41, 5.74) is 6.95. The van der Waals surface area contributed by atoms with E-state index >= 15 is 0 Å². The molecule has 0 heterocycles. The van der Waals surface area contributed by atoms with Gasteiger partial charge in [0.15, 0.2) is 23.0 Å². The quantitative estimate of drug-likeness (QED) is 0.259. The van der Waals surface area contributed by atoms with Crippen molar-refractivity contribution in [3.05, 3.63) is 70.8 Å². The zero-order valence-electron chi connectivity index (χ0n) is 22.9. The molecule has 0 bridgehead atoms. The van der Waals surface area contributed by atoms with Gasteiger partial charge >= 0.3 is 0 Å². The van der Waals surface area contributed by atoms with Crippen molar-refractivity contribution in [3.8, 4) is 34.5 Å². The van der Waals surface area contributed by atoms with Gasteiger partial charge in [0.05, 0.1) is 55.1 Å². The van der Waals surface area contributed by atoms with E-state index in [-0.39, 0.29) is 11.1 Å². The van der Waals surface area contributed by atoms with Gasteiger partial charge in [-0.05, 0) is 35.4 Å². The Hall–Kier alpha value is -5.26. The number of carbonyl (C=O) groups excluding carboxylic acids is 2. The van der Waals surface area contributed by atoms with Gasteiger partial charge in [-0.25, -0.2) is 10.9 Å². The predicted octanol–water partition coefficient (Wildman–Crippen LogP) is 3.27. The molecule has 0 aromatic heterocycles. The zero-order valence-corrected chi connectivity index (χ0v) is 22.9. The Balaban J connectivity index is 1.60. The maximum Gasteiger partial charge on any atom is 0.271 e. The summed E-state index contributed by atoms with van der Waals surface area (Å²) < 4.78 is 31.6. The molecule has 12 nitrogen and oxygen atoms in total. The van der Waals surface area contributed by atoms with Gasteiger partial charge in [0.25, 0.3) is 11.8 Å². The molecule has 0 aliphatic heterocycles. The average Bonchev–Trinajstić information content (AvgIpc) is 2.99. The van der Waals surface area contributed by atoms with Crippen molar-refractivity contribution >= 4 is 24.2 Å². The number of methoxy groups -OCH3 is 6. The summed E-state index contributed by atoms with van der Waals surface area (Å²) >= 11 is 0. The third kappa shape index (κ3) is 6.98. The van der Waals surface area contributed by atoms with E-state index in [0.717, 1.165) is 11.1 Å². The van der Waals surface area contributed by atoms with Crippen molar-refractivity contribution < 1.29 is 38.0 Å². The van der Waals surface area contributed by atoms with Gasteiger partial charge < -0.3 is 28.4 Å². The van der Waals surface area contributed by atoms with Crippen LogP contribution < -0.4 is 39.3 Å². The molecule has 3 rings (SSSR count). The number of rotatable bonds is 12. The molecule has 3 aromatic carbocycles. The first-order chi connectivity index (χ1) is 19.4. The average molecular weight is 551 g/mol. The van der Waals surface area contributed by atoms with Gasteiger partial charge in [-0.3, -0.25) is 9.59 Å². The van der Waals surface area contributed by atoms with Gasteiger partial charge in [0.2, 0.25) is 11.5 Å². The molecule has 40 heavy (non-hydrogen) atoms. The molecular weight excluding hydrogens is 520 g/mol. The van der Waals surface area contributed by atoms with E-state index in [1.807, 2.05) is 0 Å². The van der Waals surface area contributed by atoms with Gasteiger partial charge in [-0.1, -0.05) is 24.3 Å². The number of amides is 2. The number of hydrogen-bond donors (Lipinski definition) is 2. The lowest BCUT2D eigenvalue weighted by Crippen LogP contribution is -2.18. The van der Waals surface area contributed by atoms with Crippen LogP contribution in [0.4, 0.5) is 0 Å². The first-order valence-corrected chi connectivity index (χ1v) is 11.8. The Kier molecular flexibility index (Phi) is 10.3. The number of nitrogens with zero attached hydrogens (tertiary/aromatic N) is 2. The van der Waals surface area contributed by atoms with Crippen molar-refractivity contribution in [1.82, 2.24) is 10.9 Å². The summed E-state index contributed by atoms with van der Waals surface area (Å²) in [5, 5.41) is 8.01. The highest BCUT2D eigenvalue weighted by molar-refractivity contribution is 5.97. The minimum absolute atomic E-state index is 0.284. The van der Waals surface area contributed by atoms with Crippen LogP contribution in [-0.2, 0) is 0 Å². The number of nitrogens with one attached hydrogen (secondary N) is 2. The third-order valence-corrected chi connectivity index (χ3v) is 5.55. The van der Waals surface area contributed by atoms with Crippen molar-refractivity contribution in [1.29, 1.82) is 0 Å². The normalized spacial score (nSPS) is 10.8. The fraction of sp³-hybridized carbons (Fsp3) is 0.214. The van der Waals surface area contributed by atoms with Crippen molar-refractivity contribution in [3.63, 3.8) is 0 Å². The first kappa shape index (κ1) is 29.3. The molecule has 0 aliphatic rings. The molecule has 3 aromatic rings. The van der Waals surface area contributed by atoms with Crippen molar-refractivity contribution in [2.75, 3.05) is 42.7 Å². The highest BCUT2D eigenvalue weighted by Gasteiger charge is 2.18. The van der Waals surface area contributed by atoms with Gasteiger partial charge in [-0.15, -0.1) is 0 Å². The molecule has 0 saturated heterocycles. The van der Waals surface area contributed by atoms with E-state index in [4.69, 9.17) is 28.4 Å². The lowest BCUT2D eigenvalue weighted by molar-refractivity contribution is 0.0946. The van der Waals surface area contributed by atoms with Gasteiger partial charge in [0, 0.05) is 11.1 Å². The molecule has 0 saturated carbocycles. The molecular formula is C28H30N4O8. The SMILES string of the molecule is COc1cc(C(=O)N/N=C\c2ccc(/C=N\NC(=O)c3cc(OC)c(OC)c(OC)c3)cc2)cc(OC)c1OC. The molecule has 0 spiro atoms. The van der Waals surface area contributed by atoms with Crippen molar-refractivity contribution in [2.24, 2.45) is 10.2 Å². The van der Waals surface area contributed by atoms with Crippen LogP contribution in [0.25, 0.3) is 0 Å². The van der Waals surface area contributed by atoms with Crippen LogP contribution in [0.1, 0.15) is 31.8 Å². The lowest BCUT2D eigenvalue weighted by atomic mass is 10.1. The zero-order chi connectivity index (χ0) is 29.1. The number of hydrazone groups is 2. The maximum absolute atomic E-state index is 12.6. The molecule has 12 heteroatoms. The Bertz CT molecular complexity index is 1250. The molecule has 2 N–H and O–H groups in total. The molecule has 0 atom stereocenters. The van der Waals surface area contributed by atoms with E-state index in [1.165, 1.54) is 79.4 Å². The second kappa shape index (κ2) is 14.0. The van der Waals surface area contributed by atoms with Gasteiger partial charge in [0.1, 0.15) is 0 Å². The summed E-state index contributed by atoms with van der Waals surface area (Å²) in [7, 11) is 8.83. The fourth-order valence-corrected chi connectivity index (χ4v) is 3.55. The topological polar surface area (TPSA) is 138 Å². The van der Waals surface area contributed by atoms with E-state index < -0.39 is 11.8 Å². The van der Waals surface area contributed by atoms with Crippen LogP contribution >= 0.6 is 0 Å². The monoisotopic (exact) mass is 550 g/mol. The van der Waals surface area contributed by atoms with Crippen LogP contribution in [0.15, 0.2) is 58.7 Å². The van der Waals surface area contributed by atoms with Crippen molar-refractivity contribution in [2.45, 2.75) is 0 Å². The Labute approximate surface area is 231 Å². The van der Waals surface area contributed by atoms with Crippen LogP contribution in [0.2, 0.25) is 0 Å². The van der Waals surface area contributed by atoms with E-state index in [1.54, 1.807) is 24.3 Å². The van der Waals surface area contributed by atoms with Gasteiger partial charge in [-0.2, -0.15) is 10.2 Å². The maximum atomic E-state index is 12.6. The molecule has 0 unspecified atom stereocenters. The first-order valence-electron chi connectivity index (χ1n) is 11.8. The second-order valence-electron chi connectivity index (χ2n) is 7.89. The molecule has 210 valence electrons. The number of hydrogen-bond acceptors (Lipinski definition) is 10. The largest absolute Gasteiger partial charge is 0.493 e. The molecule has 0 fully saturated rings. The second-order valence-corrected chi connectivity index (χ2v) is 7.89. The summed E-state index contributed by atoms with van der Waals surface area (Å²) in [4.78, 5) is 25.1. The van der Waals surface area contributed by atoms with E-state index in [0.29, 0.717) is 34.5 Å². The van der Waals surface area contributed by atoms with Crippen LogP contribution in [0, 0.1) is 0 Å². The highest BCUT2D eigenvalue weighted by atomic mass is 16.5. The summed E-state index contributed by atoms with van der Waals surface area (Å²) in [6.45, 7) is 0. The fourth-order valence-electron chi connectivity index (χ4n) is 3.55. The van der Waals surface area contributed by atoms with E-state index in [9.17, 15) is 9.59 Å². The minimum atomic E-state index is -0.456. The summed E-state index contributed by atoms with van der Waals surface area (Å²) in [6.07, 6.45) is 2.98. The molecule has 0 radical (unpaired) electrons. The number of benzene rings is 3. The Morgan fingerprint density at radius 3 is 1.10 bits per heavy atom. The third-order valence-electron chi connectivity index (χ3n) is 5.55. The van der Waals surface area contributed by atoms with E-state index in [2.05, 4.69) is 21.1 Å². The van der Waals surface area contributed by atoms with Crippen LogP contribution in [0.5, 0.6) is 34.5 Å². The molecule has 0 aliphatic carbocycles. The highest BCUT2D eigenvalue weighted by Crippen LogP contribution is 2.39. The van der Waals surface area contributed by atoms with Crippen LogP contribution in [-0.4, -0.2) is 66.9 Å². The predicted molar refractivity (Wildman–Crippen MR) is 149 cm³/mol. The minimum Gasteiger partial charge on any atom is -0.493 e. The number of carbonyl (C=O) groups is 2. The Morgan fingerprint density at radius 1 is 0.550 bits per heavy atom. The van der Waals surface area contributed by atoms with Crippen LogP contribution in [0.3, 0.4) is 0 Å². The standard InChI is InChI=1S/C28H30N4O8/c1-35-21-11-19(12-22(36-2)25(21)39-5)27(33)31-29-15-17-7-9-18(10-8-17)16-30-32-28(34)20-13-23(37-3)26(40-6)24(14-20)38-4/h7-16H,1-6H3,(H,31,33)(H,32,34)/b29-15-,30-16-. The molecule has 2 amide bonds. The number of ether oxygens (including phenoxy) is 6. The smallest absolute Gasteiger partial charge is 0.271 e. The lowest BCUT2D eigenvalue weighted by Gasteiger charge is -2.13. The summed E-state index contributed by atoms with van der Waals surface area (Å²) in [6, 6.07) is 13.2. The Morgan fingerprint density at radius 2 is 0.850 bits per heavy atom. The summed E-state index contributed by atoms with van der Waals surface area (Å²) in [5.74, 6) is 1.27.